The molecule has 0 atom stereocenters. The summed E-state index contributed by atoms with van der Waals surface area (Å²) in [6.45, 7) is 0. The topological polar surface area (TPSA) is 43.6 Å². The third-order valence-electron chi connectivity index (χ3n) is 7.31. The van der Waals surface area contributed by atoms with Crippen molar-refractivity contribution in [1.29, 1.82) is 0 Å². The van der Waals surface area contributed by atoms with Crippen LogP contribution in [0.3, 0.4) is 0 Å². The Bertz CT molecular complexity index is 2530. The molecule has 0 N–H and O–H groups in total. The van der Waals surface area contributed by atoms with Gasteiger partial charge in [0.15, 0.2) is 17.5 Å². The second-order valence-corrected chi connectivity index (χ2v) is 9.92. The van der Waals surface area contributed by atoms with Crippen LogP contribution < -0.4 is 0 Å². The van der Waals surface area contributed by atoms with E-state index in [0.717, 1.165) is 16.7 Å². The molecule has 0 saturated heterocycles. The minimum Gasteiger partial charge on any atom is -0.309 e. The molecular weight excluding hydrogens is 524 g/mol. The zero-order valence-electron chi connectivity index (χ0n) is 30.7. The number of nitrogens with zero attached hydrogens (tertiary/aromatic N) is 4. The lowest BCUT2D eigenvalue weighted by Crippen LogP contribution is -2.02. The summed E-state index contributed by atoms with van der Waals surface area (Å²) in [4.78, 5) is 14.6. The molecule has 0 radical (unpaired) electrons. The van der Waals surface area contributed by atoms with Gasteiger partial charge in [-0.15, -0.1) is 0 Å². The van der Waals surface area contributed by atoms with Crippen molar-refractivity contribution in [2.75, 3.05) is 0 Å². The highest BCUT2D eigenvalue weighted by Crippen LogP contribution is 2.38. The molecule has 0 amide bonds. The summed E-state index contributed by atoms with van der Waals surface area (Å²) in [6.07, 6.45) is 0. The van der Waals surface area contributed by atoms with Gasteiger partial charge in [0.2, 0.25) is 0 Å². The number of rotatable bonds is 5. The zero-order chi connectivity index (χ0) is 35.6. The molecule has 2 aromatic heterocycles. The van der Waals surface area contributed by atoms with Crippen LogP contribution in [0.1, 0.15) is 11.0 Å². The largest absolute Gasteiger partial charge is 0.309 e. The Morgan fingerprint density at radius 3 is 1.40 bits per heavy atom. The van der Waals surface area contributed by atoms with E-state index in [1.807, 2.05) is 97.1 Å². The van der Waals surface area contributed by atoms with Gasteiger partial charge in [-0.3, -0.25) is 0 Å². The standard InChI is InChI=1S/C39H26N4/c1-4-14-27(15-5-1)33-26-30(24-25-36(33)43-34-22-12-10-20-31(34)32-21-11-13-23-35(32)43)39-41-37(28-16-6-2-7-17-28)40-38(42-39)29-18-8-3-9-19-29/h1-26H/i10D,11D,12D,13D,20D,21D,22D,23D. The van der Waals surface area contributed by atoms with Crippen LogP contribution in [-0.4, -0.2) is 19.5 Å². The highest BCUT2D eigenvalue weighted by Gasteiger charge is 2.18. The molecule has 0 aliphatic heterocycles. The third-order valence-corrected chi connectivity index (χ3v) is 7.31. The van der Waals surface area contributed by atoms with Crippen LogP contribution in [0.4, 0.5) is 0 Å². The lowest BCUT2D eigenvalue weighted by molar-refractivity contribution is 1.07. The first-order valence-electron chi connectivity index (χ1n) is 17.7. The Labute approximate surface area is 260 Å². The van der Waals surface area contributed by atoms with Crippen LogP contribution in [0, 0.1) is 0 Å². The summed E-state index contributed by atoms with van der Waals surface area (Å²) in [5.41, 5.74) is 4.18. The van der Waals surface area contributed by atoms with Crippen molar-refractivity contribution in [1.82, 2.24) is 19.5 Å². The summed E-state index contributed by atoms with van der Waals surface area (Å²) in [6, 6.07) is 30.7. The van der Waals surface area contributed by atoms with Crippen molar-refractivity contribution < 1.29 is 11.0 Å². The Kier molecular flexibility index (Phi) is 4.36. The number of para-hydroxylation sites is 2. The van der Waals surface area contributed by atoms with Gasteiger partial charge in [0.25, 0.3) is 0 Å². The van der Waals surface area contributed by atoms with E-state index in [-0.39, 0.29) is 46.0 Å². The quantitative estimate of drug-likeness (QED) is 0.211. The van der Waals surface area contributed by atoms with Gasteiger partial charge in [0.05, 0.1) is 27.7 Å². The molecule has 4 nitrogen and oxygen atoms in total. The first-order valence-corrected chi connectivity index (χ1v) is 13.7. The Balaban J connectivity index is 1.47. The molecule has 2 heterocycles. The van der Waals surface area contributed by atoms with E-state index in [4.69, 9.17) is 25.9 Å². The first kappa shape index (κ1) is 17.8. The van der Waals surface area contributed by atoms with Gasteiger partial charge in [-0.05, 0) is 35.8 Å². The first-order chi connectivity index (χ1) is 24.7. The van der Waals surface area contributed by atoms with E-state index in [1.54, 1.807) is 12.1 Å². The van der Waals surface area contributed by atoms with Crippen LogP contribution in [0.2, 0.25) is 0 Å². The molecule has 0 aliphatic carbocycles. The van der Waals surface area contributed by atoms with Gasteiger partial charge in [0.1, 0.15) is 0 Å². The summed E-state index contributed by atoms with van der Waals surface area (Å²) in [5.74, 6) is 1.37. The predicted octanol–water partition coefficient (Wildman–Crippen LogP) is 9.64. The highest BCUT2D eigenvalue weighted by atomic mass is 15.0. The molecule has 43 heavy (non-hydrogen) atoms. The lowest BCUT2D eigenvalue weighted by atomic mass is 10.00. The van der Waals surface area contributed by atoms with Gasteiger partial charge < -0.3 is 4.57 Å². The molecule has 202 valence electrons. The molecule has 0 spiro atoms. The maximum Gasteiger partial charge on any atom is 0.164 e. The summed E-state index contributed by atoms with van der Waals surface area (Å²) in [7, 11) is 0. The third kappa shape index (κ3) is 4.46. The molecule has 0 unspecified atom stereocenters. The average Bonchev–Trinajstić information content (AvgIpc) is 3.54. The molecule has 6 aromatic carbocycles. The maximum absolute atomic E-state index is 9.00. The van der Waals surface area contributed by atoms with Gasteiger partial charge in [0, 0.05) is 33.0 Å². The fraction of sp³-hybridized carbons (Fsp3) is 0. The smallest absolute Gasteiger partial charge is 0.164 e. The summed E-state index contributed by atoms with van der Waals surface area (Å²) >= 11 is 0. The van der Waals surface area contributed by atoms with Gasteiger partial charge >= 0.3 is 0 Å². The molecule has 0 aliphatic rings. The molecule has 8 aromatic rings. The van der Waals surface area contributed by atoms with Crippen LogP contribution in [0.15, 0.2) is 158 Å². The zero-order valence-corrected chi connectivity index (χ0v) is 22.7. The molecule has 0 fully saturated rings. The summed E-state index contributed by atoms with van der Waals surface area (Å²) < 4.78 is 71.1. The second kappa shape index (κ2) is 10.5. The Morgan fingerprint density at radius 1 is 0.442 bits per heavy atom. The molecular formula is C39H26N4. The minimum absolute atomic E-state index is 0.0172. The Hall–Kier alpha value is -5.87. The number of fused-ring (bicyclic) bond motifs is 3. The Morgan fingerprint density at radius 2 is 0.884 bits per heavy atom. The predicted molar refractivity (Wildman–Crippen MR) is 176 cm³/mol. The van der Waals surface area contributed by atoms with Crippen LogP contribution in [-0.2, 0) is 0 Å². The molecule has 0 bridgehead atoms. The molecule has 0 saturated carbocycles. The molecule has 8 rings (SSSR count). The van der Waals surface area contributed by atoms with E-state index >= 15 is 0 Å². The van der Waals surface area contributed by atoms with Crippen molar-refractivity contribution in [3.05, 3.63) is 158 Å². The normalized spacial score (nSPS) is 13.9. The minimum atomic E-state index is -0.490. The van der Waals surface area contributed by atoms with Crippen molar-refractivity contribution in [2.24, 2.45) is 0 Å². The fourth-order valence-corrected chi connectivity index (χ4v) is 5.32. The monoisotopic (exact) mass is 558 g/mol. The average molecular weight is 559 g/mol. The van der Waals surface area contributed by atoms with Crippen LogP contribution in [0.5, 0.6) is 0 Å². The lowest BCUT2D eigenvalue weighted by Gasteiger charge is -2.16. The second-order valence-electron chi connectivity index (χ2n) is 9.92. The summed E-state index contributed by atoms with van der Waals surface area (Å²) in [5, 5.41) is 0.0344. The number of hydrogen-bond donors (Lipinski definition) is 0. The van der Waals surface area contributed by atoms with Crippen molar-refractivity contribution in [2.45, 2.75) is 0 Å². The van der Waals surface area contributed by atoms with E-state index in [1.165, 1.54) is 4.57 Å². The van der Waals surface area contributed by atoms with Gasteiger partial charge in [-0.1, -0.05) is 127 Å². The van der Waals surface area contributed by atoms with E-state index in [9.17, 15) is 0 Å². The van der Waals surface area contributed by atoms with Crippen molar-refractivity contribution >= 4 is 21.8 Å². The fourth-order valence-electron chi connectivity index (χ4n) is 5.32. The van der Waals surface area contributed by atoms with Crippen molar-refractivity contribution in [3.63, 3.8) is 0 Å². The van der Waals surface area contributed by atoms with Crippen LogP contribution >= 0.6 is 0 Å². The van der Waals surface area contributed by atoms with E-state index < -0.39 is 24.2 Å². The SMILES string of the molecule is [2H]c1c([2H])c([2H])c2c(c1[2H])c1c([2H])c([2H])c([2H])c([2H])c1n2-c1ccc(-c2nc(-c3ccccc3)nc(-c3ccccc3)n2)cc1-c1ccccc1. The molecule has 4 heteroatoms. The van der Waals surface area contributed by atoms with Crippen LogP contribution in [0.25, 0.3) is 72.8 Å². The number of benzene rings is 6. The van der Waals surface area contributed by atoms with E-state index in [0.29, 0.717) is 34.3 Å². The van der Waals surface area contributed by atoms with E-state index in [2.05, 4.69) is 0 Å². The highest BCUT2D eigenvalue weighted by molar-refractivity contribution is 6.09. The van der Waals surface area contributed by atoms with Crippen molar-refractivity contribution in [3.8, 4) is 51.0 Å². The number of aromatic nitrogens is 4. The maximum atomic E-state index is 9.00. The van der Waals surface area contributed by atoms with Gasteiger partial charge in [-0.2, -0.15) is 0 Å². The number of hydrogen-bond acceptors (Lipinski definition) is 3. The van der Waals surface area contributed by atoms with Gasteiger partial charge in [-0.25, -0.2) is 15.0 Å².